The first-order valence-electron chi connectivity index (χ1n) is 8.24. The zero-order valence-electron chi connectivity index (χ0n) is 14.9. The molecule has 0 fully saturated rings. The Morgan fingerprint density at radius 3 is 2.08 bits per heavy atom. The summed E-state index contributed by atoms with van der Waals surface area (Å²) in [6.07, 6.45) is 1.70. The van der Waals surface area contributed by atoms with Gasteiger partial charge in [0.1, 0.15) is 0 Å². The van der Waals surface area contributed by atoms with Gasteiger partial charge in [-0.2, -0.15) is 0 Å². The molecule has 0 aliphatic rings. The number of nitrogens with zero attached hydrogens (tertiary/aromatic N) is 1. The van der Waals surface area contributed by atoms with Crippen LogP contribution in [-0.4, -0.2) is 47.0 Å². The van der Waals surface area contributed by atoms with Gasteiger partial charge in [0.25, 0.3) is 0 Å². The van der Waals surface area contributed by atoms with E-state index in [1.165, 1.54) is 16.4 Å². The molecule has 2 aromatic carbocycles. The van der Waals surface area contributed by atoms with Crippen molar-refractivity contribution in [2.24, 2.45) is 0 Å². The van der Waals surface area contributed by atoms with Crippen molar-refractivity contribution in [1.29, 1.82) is 0 Å². The molecule has 0 aliphatic carbocycles. The molecule has 0 aromatic heterocycles. The van der Waals surface area contributed by atoms with Gasteiger partial charge in [-0.05, 0) is 31.0 Å². The lowest BCUT2D eigenvalue weighted by Gasteiger charge is -2.20. The van der Waals surface area contributed by atoms with Gasteiger partial charge in [-0.25, -0.2) is 25.9 Å². The van der Waals surface area contributed by atoms with E-state index >= 15 is 0 Å². The molecule has 0 spiro atoms. The zero-order chi connectivity index (χ0) is 19.2. The van der Waals surface area contributed by atoms with Gasteiger partial charge in [0, 0.05) is 19.6 Å². The van der Waals surface area contributed by atoms with Crippen LogP contribution in [-0.2, 0) is 26.5 Å². The van der Waals surface area contributed by atoms with Crippen molar-refractivity contribution in [2.45, 2.75) is 18.2 Å². The number of rotatable bonds is 9. The van der Waals surface area contributed by atoms with Gasteiger partial charge < -0.3 is 0 Å². The number of sulfonamides is 2. The predicted octanol–water partition coefficient (Wildman–Crippen LogP) is 1.78. The predicted molar refractivity (Wildman–Crippen MR) is 103 cm³/mol. The highest BCUT2D eigenvalue weighted by Gasteiger charge is 2.18. The molecule has 0 bridgehead atoms. The highest BCUT2D eigenvalue weighted by Crippen LogP contribution is 2.10. The summed E-state index contributed by atoms with van der Waals surface area (Å²) in [6.45, 7) is 2.27. The van der Waals surface area contributed by atoms with Gasteiger partial charge in [0.05, 0.1) is 11.2 Å². The van der Waals surface area contributed by atoms with Crippen LogP contribution in [0, 0.1) is 6.92 Å². The van der Waals surface area contributed by atoms with Gasteiger partial charge in [0.2, 0.25) is 20.0 Å². The van der Waals surface area contributed by atoms with Crippen molar-refractivity contribution in [1.82, 2.24) is 9.03 Å². The fraction of sp³-hybridized carbons (Fsp3) is 0.333. The Hall–Kier alpha value is -1.74. The number of hydrogen-bond donors (Lipinski definition) is 1. The minimum atomic E-state index is -3.66. The highest BCUT2D eigenvalue weighted by molar-refractivity contribution is 7.89. The minimum absolute atomic E-state index is 0.0120. The molecule has 0 unspecified atom stereocenters. The summed E-state index contributed by atoms with van der Waals surface area (Å²) in [5.41, 5.74) is 1.99. The zero-order valence-corrected chi connectivity index (χ0v) is 16.6. The third kappa shape index (κ3) is 6.21. The van der Waals surface area contributed by atoms with E-state index in [0.29, 0.717) is 13.0 Å². The summed E-state index contributed by atoms with van der Waals surface area (Å²) in [6, 6.07) is 16.1. The van der Waals surface area contributed by atoms with E-state index < -0.39 is 20.0 Å². The van der Waals surface area contributed by atoms with Crippen molar-refractivity contribution in [3.63, 3.8) is 0 Å². The standard InChI is InChI=1S/C18H24N2O4S2/c1-16-8-10-18(11-9-16)26(23,24)19-13-15-20(25(2,21)22)14-12-17-6-4-3-5-7-17/h3-11,19H,12-15H2,1-2H3. The maximum absolute atomic E-state index is 12.3. The molecule has 142 valence electrons. The van der Waals surface area contributed by atoms with Crippen molar-refractivity contribution in [3.05, 3.63) is 65.7 Å². The first kappa shape index (κ1) is 20.6. The second-order valence-electron chi connectivity index (χ2n) is 6.11. The van der Waals surface area contributed by atoms with Crippen LogP contribution in [0.15, 0.2) is 59.5 Å². The van der Waals surface area contributed by atoms with E-state index in [4.69, 9.17) is 0 Å². The molecule has 2 aromatic rings. The van der Waals surface area contributed by atoms with Crippen LogP contribution in [0.1, 0.15) is 11.1 Å². The molecule has 1 N–H and O–H groups in total. The van der Waals surface area contributed by atoms with E-state index in [9.17, 15) is 16.8 Å². The Bertz CT molecular complexity index is 909. The van der Waals surface area contributed by atoms with Gasteiger partial charge >= 0.3 is 0 Å². The maximum Gasteiger partial charge on any atom is 0.240 e. The number of hydrogen-bond acceptors (Lipinski definition) is 4. The van der Waals surface area contributed by atoms with Crippen molar-refractivity contribution in [2.75, 3.05) is 25.9 Å². The molecule has 2 rings (SSSR count). The molecule has 0 aliphatic heterocycles. The largest absolute Gasteiger partial charge is 0.240 e. The van der Waals surface area contributed by atoms with Crippen LogP contribution in [0.2, 0.25) is 0 Å². The van der Waals surface area contributed by atoms with Crippen LogP contribution in [0.3, 0.4) is 0 Å². The van der Waals surface area contributed by atoms with Gasteiger partial charge in [-0.1, -0.05) is 48.0 Å². The van der Waals surface area contributed by atoms with E-state index in [1.807, 2.05) is 37.3 Å². The molecule has 0 saturated carbocycles. The first-order chi connectivity index (χ1) is 12.2. The normalized spacial score (nSPS) is 12.4. The third-order valence-corrected chi connectivity index (χ3v) is 6.73. The van der Waals surface area contributed by atoms with Crippen LogP contribution in [0.5, 0.6) is 0 Å². The first-order valence-corrected chi connectivity index (χ1v) is 11.6. The molecule has 0 saturated heterocycles. The average Bonchev–Trinajstić information content (AvgIpc) is 2.58. The Kier molecular flexibility index (Phi) is 6.94. The lowest BCUT2D eigenvalue weighted by molar-refractivity contribution is 0.420. The maximum atomic E-state index is 12.3. The van der Waals surface area contributed by atoms with Crippen LogP contribution >= 0.6 is 0 Å². The summed E-state index contributed by atoms with van der Waals surface area (Å²) < 4.78 is 52.2. The smallest absolute Gasteiger partial charge is 0.213 e. The summed E-state index contributed by atoms with van der Waals surface area (Å²) in [5, 5.41) is 0. The van der Waals surface area contributed by atoms with Gasteiger partial charge in [0.15, 0.2) is 0 Å². The Labute approximate surface area is 156 Å². The SMILES string of the molecule is Cc1ccc(S(=O)(=O)NCCN(CCc2ccccc2)S(C)(=O)=O)cc1. The van der Waals surface area contributed by atoms with Gasteiger partial charge in [-0.3, -0.25) is 0 Å². The lowest BCUT2D eigenvalue weighted by Crippen LogP contribution is -2.39. The average molecular weight is 397 g/mol. The molecule has 0 radical (unpaired) electrons. The molecule has 6 nitrogen and oxygen atoms in total. The molecule has 8 heteroatoms. The van der Waals surface area contributed by atoms with Crippen LogP contribution < -0.4 is 4.72 Å². The minimum Gasteiger partial charge on any atom is -0.213 e. The molecule has 26 heavy (non-hydrogen) atoms. The second kappa shape index (κ2) is 8.77. The Morgan fingerprint density at radius 2 is 1.50 bits per heavy atom. The molecule has 0 atom stereocenters. The number of nitrogens with one attached hydrogen (secondary N) is 1. The number of benzene rings is 2. The second-order valence-corrected chi connectivity index (χ2v) is 9.86. The third-order valence-electron chi connectivity index (χ3n) is 3.95. The van der Waals surface area contributed by atoms with Crippen molar-refractivity contribution < 1.29 is 16.8 Å². The van der Waals surface area contributed by atoms with Gasteiger partial charge in [-0.15, -0.1) is 0 Å². The number of aryl methyl sites for hydroxylation is 1. The van der Waals surface area contributed by atoms with E-state index in [1.54, 1.807) is 12.1 Å². The Balaban J connectivity index is 1.95. The lowest BCUT2D eigenvalue weighted by atomic mass is 10.1. The van der Waals surface area contributed by atoms with Crippen LogP contribution in [0.25, 0.3) is 0 Å². The van der Waals surface area contributed by atoms with E-state index in [0.717, 1.165) is 17.4 Å². The fourth-order valence-corrected chi connectivity index (χ4v) is 4.31. The molecule has 0 amide bonds. The fourth-order valence-electron chi connectivity index (χ4n) is 2.45. The summed E-state index contributed by atoms with van der Waals surface area (Å²) in [7, 11) is -7.08. The summed E-state index contributed by atoms with van der Waals surface area (Å²) in [4.78, 5) is 0.165. The quantitative estimate of drug-likeness (QED) is 0.700. The monoisotopic (exact) mass is 396 g/mol. The molecular formula is C18H24N2O4S2. The summed E-state index contributed by atoms with van der Waals surface area (Å²) in [5.74, 6) is 0. The van der Waals surface area contributed by atoms with Crippen LogP contribution in [0.4, 0.5) is 0 Å². The molecule has 0 heterocycles. The molecular weight excluding hydrogens is 372 g/mol. The topological polar surface area (TPSA) is 83.6 Å². The van der Waals surface area contributed by atoms with Crippen molar-refractivity contribution >= 4 is 20.0 Å². The van der Waals surface area contributed by atoms with Crippen molar-refractivity contribution in [3.8, 4) is 0 Å². The Morgan fingerprint density at radius 1 is 0.885 bits per heavy atom. The highest BCUT2D eigenvalue weighted by atomic mass is 32.2. The van der Waals surface area contributed by atoms with E-state index in [2.05, 4.69) is 4.72 Å². The van der Waals surface area contributed by atoms with E-state index in [-0.39, 0.29) is 18.0 Å². The summed E-state index contributed by atoms with van der Waals surface area (Å²) >= 11 is 0.